The zero-order valence-electron chi connectivity index (χ0n) is 16.1. The molecule has 146 valence electrons. The number of carbonyl (C=O) groups is 1. The molecule has 0 bridgehead atoms. The Morgan fingerprint density at radius 3 is 2.42 bits per heavy atom. The van der Waals surface area contributed by atoms with E-state index in [1.165, 1.54) is 5.56 Å². The van der Waals surface area contributed by atoms with Crippen LogP contribution in [0, 0.1) is 0 Å². The van der Waals surface area contributed by atoms with Gasteiger partial charge in [0.15, 0.2) is 5.96 Å². The molecule has 1 aliphatic heterocycles. The van der Waals surface area contributed by atoms with E-state index in [1.54, 1.807) is 6.92 Å². The molecule has 0 spiro atoms. The Bertz CT molecular complexity index is 558. The van der Waals surface area contributed by atoms with Gasteiger partial charge >= 0.3 is 0 Å². The highest BCUT2D eigenvalue weighted by atomic mass is 127. The molecule has 1 aromatic rings. The largest absolute Gasteiger partial charge is 0.357 e. The zero-order valence-corrected chi connectivity index (χ0v) is 18.4. The lowest BCUT2D eigenvalue weighted by atomic mass is 10.1. The van der Waals surface area contributed by atoms with Crippen molar-refractivity contribution in [2.45, 2.75) is 26.8 Å². The monoisotopic (exact) mass is 473 g/mol. The van der Waals surface area contributed by atoms with Gasteiger partial charge in [0.2, 0.25) is 5.91 Å². The molecule has 1 heterocycles. The smallest absolute Gasteiger partial charge is 0.219 e. The third-order valence-electron chi connectivity index (χ3n) is 4.50. The highest BCUT2D eigenvalue weighted by molar-refractivity contribution is 14.0. The van der Waals surface area contributed by atoms with E-state index in [9.17, 15) is 4.79 Å². The van der Waals surface area contributed by atoms with Gasteiger partial charge in [-0.15, -0.1) is 24.0 Å². The van der Waals surface area contributed by atoms with E-state index >= 15 is 0 Å². The highest BCUT2D eigenvalue weighted by Gasteiger charge is 2.17. The van der Waals surface area contributed by atoms with Crippen molar-refractivity contribution in [3.05, 3.63) is 35.9 Å². The molecule has 1 saturated heterocycles. The second kappa shape index (κ2) is 12.1. The van der Waals surface area contributed by atoms with E-state index in [0.717, 1.165) is 51.8 Å². The van der Waals surface area contributed by atoms with Gasteiger partial charge in [0.05, 0.1) is 12.6 Å². The molecule has 1 aromatic carbocycles. The van der Waals surface area contributed by atoms with Crippen molar-refractivity contribution in [1.82, 2.24) is 20.4 Å². The molecule has 2 N–H and O–H groups in total. The predicted octanol–water partition coefficient (Wildman–Crippen LogP) is 2.08. The molecule has 1 aliphatic rings. The van der Waals surface area contributed by atoms with Crippen LogP contribution in [0.25, 0.3) is 0 Å². The number of hydrogen-bond acceptors (Lipinski definition) is 3. The number of guanidine groups is 1. The number of nitrogens with zero attached hydrogens (tertiary/aromatic N) is 3. The molecule has 26 heavy (non-hydrogen) atoms. The van der Waals surface area contributed by atoms with Crippen molar-refractivity contribution in [3.8, 4) is 0 Å². The van der Waals surface area contributed by atoms with Crippen LogP contribution in [-0.2, 0) is 4.79 Å². The van der Waals surface area contributed by atoms with E-state index in [-0.39, 0.29) is 35.9 Å². The van der Waals surface area contributed by atoms with Crippen LogP contribution in [0.15, 0.2) is 35.3 Å². The first-order valence-electron chi connectivity index (χ1n) is 9.17. The van der Waals surface area contributed by atoms with E-state index in [4.69, 9.17) is 4.99 Å². The third-order valence-corrected chi connectivity index (χ3v) is 4.50. The summed E-state index contributed by atoms with van der Waals surface area (Å²) in [7, 11) is 0. The van der Waals surface area contributed by atoms with Crippen LogP contribution in [-0.4, -0.2) is 67.5 Å². The molecule has 7 heteroatoms. The molecule has 0 radical (unpaired) electrons. The number of amides is 1. The average Bonchev–Trinajstić information content (AvgIpc) is 2.63. The maximum absolute atomic E-state index is 11.4. The number of aliphatic imine (C=N–C) groups is 1. The van der Waals surface area contributed by atoms with Crippen LogP contribution in [0.2, 0.25) is 0 Å². The lowest BCUT2D eigenvalue weighted by molar-refractivity contribution is -0.130. The third kappa shape index (κ3) is 7.49. The Morgan fingerprint density at radius 2 is 1.85 bits per heavy atom. The van der Waals surface area contributed by atoms with Crippen molar-refractivity contribution in [2.75, 3.05) is 45.8 Å². The van der Waals surface area contributed by atoms with Gasteiger partial charge in [-0.05, 0) is 19.4 Å². The minimum atomic E-state index is 0. The van der Waals surface area contributed by atoms with Crippen LogP contribution in [0.4, 0.5) is 0 Å². The first-order chi connectivity index (χ1) is 12.1. The summed E-state index contributed by atoms with van der Waals surface area (Å²) in [5.41, 5.74) is 1.24. The van der Waals surface area contributed by atoms with Gasteiger partial charge in [-0.25, -0.2) is 0 Å². The highest BCUT2D eigenvalue weighted by Crippen LogP contribution is 2.10. The maximum atomic E-state index is 11.4. The molecular formula is C19H32IN5O. The number of hydrogen-bond donors (Lipinski definition) is 2. The second-order valence-corrected chi connectivity index (χ2v) is 6.39. The molecular weight excluding hydrogens is 441 g/mol. The van der Waals surface area contributed by atoms with Gasteiger partial charge in [-0.3, -0.25) is 14.7 Å². The predicted molar refractivity (Wildman–Crippen MR) is 118 cm³/mol. The number of halogens is 1. The molecule has 1 amide bonds. The molecule has 1 atom stereocenters. The SMILES string of the molecule is CCNC(=NCCN1CCN(C(C)=O)CC1)NC(C)c1ccccc1.I. The second-order valence-electron chi connectivity index (χ2n) is 6.39. The summed E-state index contributed by atoms with van der Waals surface area (Å²) >= 11 is 0. The fourth-order valence-electron chi connectivity index (χ4n) is 2.94. The first kappa shape index (κ1) is 22.7. The van der Waals surface area contributed by atoms with E-state index in [2.05, 4.69) is 53.6 Å². The minimum absolute atomic E-state index is 0. The average molecular weight is 473 g/mol. The van der Waals surface area contributed by atoms with Gasteiger partial charge in [-0.1, -0.05) is 30.3 Å². The Morgan fingerprint density at radius 1 is 1.19 bits per heavy atom. The summed E-state index contributed by atoms with van der Waals surface area (Å²) in [6, 6.07) is 10.6. The number of nitrogens with one attached hydrogen (secondary N) is 2. The van der Waals surface area contributed by atoms with Crippen molar-refractivity contribution >= 4 is 35.8 Å². The molecule has 0 saturated carbocycles. The molecule has 0 aromatic heterocycles. The van der Waals surface area contributed by atoms with Gasteiger partial charge in [0, 0.05) is 46.2 Å². The topological polar surface area (TPSA) is 60.0 Å². The zero-order chi connectivity index (χ0) is 18.1. The molecule has 0 aliphatic carbocycles. The number of piperazine rings is 1. The maximum Gasteiger partial charge on any atom is 0.219 e. The van der Waals surface area contributed by atoms with Crippen molar-refractivity contribution < 1.29 is 4.79 Å². The van der Waals surface area contributed by atoms with Crippen molar-refractivity contribution in [2.24, 2.45) is 4.99 Å². The Balaban J connectivity index is 0.00000338. The van der Waals surface area contributed by atoms with E-state index in [0.29, 0.717) is 0 Å². The molecule has 2 rings (SSSR count). The minimum Gasteiger partial charge on any atom is -0.357 e. The Labute approximate surface area is 174 Å². The molecule has 6 nitrogen and oxygen atoms in total. The van der Waals surface area contributed by atoms with Gasteiger partial charge < -0.3 is 15.5 Å². The quantitative estimate of drug-likeness (QED) is 0.378. The van der Waals surface area contributed by atoms with Crippen molar-refractivity contribution in [1.29, 1.82) is 0 Å². The summed E-state index contributed by atoms with van der Waals surface area (Å²) in [5, 5.41) is 6.77. The summed E-state index contributed by atoms with van der Waals surface area (Å²) < 4.78 is 0. The number of benzene rings is 1. The normalized spacial score (nSPS) is 16.6. The Kier molecular flexibility index (Phi) is 10.6. The van der Waals surface area contributed by atoms with E-state index < -0.39 is 0 Å². The standard InChI is InChI=1S/C19H31N5O.HI/c1-4-20-19(22-16(2)18-8-6-5-7-9-18)21-10-11-23-12-14-24(15-13-23)17(3)25;/h5-9,16H,4,10-15H2,1-3H3,(H2,20,21,22);1H. The Hall–Kier alpha value is -1.35. The number of carbonyl (C=O) groups excluding carboxylic acids is 1. The fraction of sp³-hybridized carbons (Fsp3) is 0.579. The lowest BCUT2D eigenvalue weighted by Crippen LogP contribution is -2.48. The fourth-order valence-corrected chi connectivity index (χ4v) is 2.94. The van der Waals surface area contributed by atoms with Crippen LogP contribution >= 0.6 is 24.0 Å². The van der Waals surface area contributed by atoms with Crippen LogP contribution in [0.1, 0.15) is 32.4 Å². The van der Waals surface area contributed by atoms with Gasteiger partial charge in [0.1, 0.15) is 0 Å². The summed E-state index contributed by atoms with van der Waals surface area (Å²) in [6.45, 7) is 11.9. The lowest BCUT2D eigenvalue weighted by Gasteiger charge is -2.33. The summed E-state index contributed by atoms with van der Waals surface area (Å²) in [4.78, 5) is 20.3. The van der Waals surface area contributed by atoms with Crippen molar-refractivity contribution in [3.63, 3.8) is 0 Å². The summed E-state index contributed by atoms with van der Waals surface area (Å²) in [6.07, 6.45) is 0. The van der Waals surface area contributed by atoms with Crippen LogP contribution in [0.5, 0.6) is 0 Å². The van der Waals surface area contributed by atoms with Gasteiger partial charge in [0.25, 0.3) is 0 Å². The molecule has 1 unspecified atom stereocenters. The van der Waals surface area contributed by atoms with Gasteiger partial charge in [-0.2, -0.15) is 0 Å². The van der Waals surface area contributed by atoms with E-state index in [1.807, 2.05) is 11.0 Å². The van der Waals surface area contributed by atoms with Crippen LogP contribution in [0.3, 0.4) is 0 Å². The summed E-state index contributed by atoms with van der Waals surface area (Å²) in [5.74, 6) is 1.02. The number of rotatable bonds is 6. The first-order valence-corrected chi connectivity index (χ1v) is 9.17. The molecule has 1 fully saturated rings. The van der Waals surface area contributed by atoms with Crippen LogP contribution < -0.4 is 10.6 Å².